The minimum Gasteiger partial charge on any atom is -0.393 e. The van der Waals surface area contributed by atoms with Crippen molar-refractivity contribution < 1.29 is 15.0 Å². The molecule has 0 saturated heterocycles. The van der Waals surface area contributed by atoms with E-state index in [0.29, 0.717) is 41.8 Å². The molecule has 4 aliphatic rings. The lowest BCUT2D eigenvalue weighted by Gasteiger charge is -2.63. The van der Waals surface area contributed by atoms with E-state index in [1.165, 1.54) is 0 Å². The van der Waals surface area contributed by atoms with Gasteiger partial charge in [-0.15, -0.1) is 0 Å². The third-order valence-corrected chi connectivity index (χ3v) is 8.92. The summed E-state index contributed by atoms with van der Waals surface area (Å²) in [7, 11) is 0. The van der Waals surface area contributed by atoms with E-state index in [-0.39, 0.29) is 23.0 Å². The molecular formula is C20H32O3. The van der Waals surface area contributed by atoms with Gasteiger partial charge in [0, 0.05) is 12.8 Å². The summed E-state index contributed by atoms with van der Waals surface area (Å²) >= 11 is 0. The highest BCUT2D eigenvalue weighted by atomic mass is 16.3. The summed E-state index contributed by atoms with van der Waals surface area (Å²) in [4.78, 5) is 12.1. The third-order valence-electron chi connectivity index (χ3n) is 8.92. The Morgan fingerprint density at radius 1 is 1.04 bits per heavy atom. The van der Waals surface area contributed by atoms with E-state index >= 15 is 0 Å². The van der Waals surface area contributed by atoms with Gasteiger partial charge in [0.2, 0.25) is 0 Å². The summed E-state index contributed by atoms with van der Waals surface area (Å²) in [5, 5.41) is 21.6. The number of aliphatic hydroxyl groups is 2. The van der Waals surface area contributed by atoms with Crippen molar-refractivity contribution in [1.29, 1.82) is 0 Å². The van der Waals surface area contributed by atoms with Crippen molar-refractivity contribution in [3.8, 4) is 0 Å². The largest absolute Gasteiger partial charge is 0.393 e. The van der Waals surface area contributed by atoms with Crippen LogP contribution < -0.4 is 0 Å². The summed E-state index contributed by atoms with van der Waals surface area (Å²) in [5.74, 6) is 2.63. The second kappa shape index (κ2) is 5.05. The first-order chi connectivity index (χ1) is 10.8. The Bertz CT molecular complexity index is 517. The van der Waals surface area contributed by atoms with Gasteiger partial charge in [-0.3, -0.25) is 4.79 Å². The van der Waals surface area contributed by atoms with E-state index in [9.17, 15) is 15.0 Å². The fourth-order valence-corrected chi connectivity index (χ4v) is 7.55. The van der Waals surface area contributed by atoms with E-state index in [0.717, 1.165) is 38.5 Å². The molecule has 9 atom stereocenters. The predicted octanol–water partition coefficient (Wildman–Crippen LogP) is 3.18. The number of hydrogen-bond donors (Lipinski definition) is 2. The average Bonchev–Trinajstić information content (AvgIpc) is 2.76. The van der Waals surface area contributed by atoms with E-state index in [1.54, 1.807) is 0 Å². The highest BCUT2D eigenvalue weighted by Gasteiger charge is 2.64. The number of ketones is 1. The fraction of sp³-hybridized carbons (Fsp3) is 0.950. The highest BCUT2D eigenvalue weighted by molar-refractivity contribution is 5.80. The Hall–Kier alpha value is -0.410. The van der Waals surface area contributed by atoms with Gasteiger partial charge >= 0.3 is 0 Å². The predicted molar refractivity (Wildman–Crippen MR) is 88.7 cm³/mol. The van der Waals surface area contributed by atoms with E-state index in [4.69, 9.17) is 0 Å². The normalized spacial score (nSPS) is 59.2. The first-order valence-corrected chi connectivity index (χ1v) is 9.66. The molecule has 0 spiro atoms. The minimum atomic E-state index is -0.322. The zero-order chi connectivity index (χ0) is 16.6. The van der Waals surface area contributed by atoms with Crippen molar-refractivity contribution in [3.63, 3.8) is 0 Å². The molecule has 4 aliphatic carbocycles. The molecule has 0 radical (unpaired) electrons. The Labute approximate surface area is 139 Å². The lowest BCUT2D eigenvalue weighted by Crippen LogP contribution is -2.61. The van der Waals surface area contributed by atoms with Crippen LogP contribution >= 0.6 is 0 Å². The van der Waals surface area contributed by atoms with Crippen LogP contribution in [-0.4, -0.2) is 28.2 Å². The lowest BCUT2D eigenvalue weighted by atomic mass is 9.42. The van der Waals surface area contributed by atoms with Crippen molar-refractivity contribution in [2.75, 3.05) is 0 Å². The summed E-state index contributed by atoms with van der Waals surface area (Å²) in [6, 6.07) is 0. The maximum absolute atomic E-state index is 12.1. The van der Waals surface area contributed by atoms with Crippen LogP contribution in [0.4, 0.5) is 0 Å². The molecule has 2 N–H and O–H groups in total. The van der Waals surface area contributed by atoms with Crippen molar-refractivity contribution in [2.45, 2.75) is 77.9 Å². The van der Waals surface area contributed by atoms with Gasteiger partial charge in [0.25, 0.3) is 0 Å². The standard InChI is InChI=1S/C20H32O3/c1-11-8-13(21)9-12-4-5-14-15-6-7-17(23)19(15,2)10-16(22)18(14)20(11,12)3/h11-12,14-18,22-23H,4-10H2,1-3H3/t11?,12?,14-,15-,16?,17?,18-,19-,20-/m0/s1. The minimum absolute atomic E-state index is 0.0884. The molecule has 23 heavy (non-hydrogen) atoms. The van der Waals surface area contributed by atoms with E-state index < -0.39 is 0 Å². The van der Waals surface area contributed by atoms with Gasteiger partial charge in [-0.25, -0.2) is 0 Å². The van der Waals surface area contributed by atoms with Crippen molar-refractivity contribution in [1.82, 2.24) is 0 Å². The van der Waals surface area contributed by atoms with E-state index in [2.05, 4.69) is 20.8 Å². The first kappa shape index (κ1) is 16.1. The van der Waals surface area contributed by atoms with Crippen LogP contribution in [0.5, 0.6) is 0 Å². The van der Waals surface area contributed by atoms with Gasteiger partial charge in [0.05, 0.1) is 12.2 Å². The molecule has 4 unspecified atom stereocenters. The van der Waals surface area contributed by atoms with Crippen LogP contribution in [0.25, 0.3) is 0 Å². The van der Waals surface area contributed by atoms with Gasteiger partial charge in [-0.1, -0.05) is 20.8 Å². The number of Topliss-reactive ketones (excluding diaryl/α,β-unsaturated/α-hetero) is 1. The average molecular weight is 320 g/mol. The second-order valence-corrected chi connectivity index (χ2v) is 9.65. The number of carbonyl (C=O) groups excluding carboxylic acids is 1. The monoisotopic (exact) mass is 320 g/mol. The molecule has 4 fully saturated rings. The Morgan fingerprint density at radius 3 is 2.52 bits per heavy atom. The number of fused-ring (bicyclic) bond motifs is 5. The molecule has 3 heteroatoms. The topological polar surface area (TPSA) is 57.5 Å². The molecule has 0 aliphatic heterocycles. The van der Waals surface area contributed by atoms with Crippen LogP contribution in [-0.2, 0) is 4.79 Å². The van der Waals surface area contributed by atoms with Crippen molar-refractivity contribution in [3.05, 3.63) is 0 Å². The van der Waals surface area contributed by atoms with Crippen molar-refractivity contribution in [2.24, 2.45) is 40.4 Å². The maximum Gasteiger partial charge on any atom is 0.133 e. The van der Waals surface area contributed by atoms with Gasteiger partial charge in [-0.2, -0.15) is 0 Å². The molecule has 0 aromatic heterocycles. The molecule has 130 valence electrons. The molecule has 0 heterocycles. The molecule has 3 nitrogen and oxygen atoms in total. The van der Waals surface area contributed by atoms with Gasteiger partial charge < -0.3 is 10.2 Å². The van der Waals surface area contributed by atoms with Crippen LogP contribution in [0.15, 0.2) is 0 Å². The number of aliphatic hydroxyl groups excluding tert-OH is 2. The molecule has 4 saturated carbocycles. The maximum atomic E-state index is 12.1. The quantitative estimate of drug-likeness (QED) is 0.721. The van der Waals surface area contributed by atoms with Gasteiger partial charge in [0.1, 0.15) is 5.78 Å². The fourth-order valence-electron chi connectivity index (χ4n) is 7.55. The second-order valence-electron chi connectivity index (χ2n) is 9.65. The van der Waals surface area contributed by atoms with Crippen LogP contribution in [0.3, 0.4) is 0 Å². The summed E-state index contributed by atoms with van der Waals surface area (Å²) in [6.07, 6.45) is 5.84. The number of rotatable bonds is 0. The van der Waals surface area contributed by atoms with Gasteiger partial charge in [-0.05, 0) is 72.5 Å². The number of hydrogen-bond acceptors (Lipinski definition) is 3. The number of carbonyl (C=O) groups is 1. The molecule has 4 rings (SSSR count). The van der Waals surface area contributed by atoms with Crippen molar-refractivity contribution >= 4 is 5.78 Å². The summed E-state index contributed by atoms with van der Waals surface area (Å²) in [5.41, 5.74) is -0.0113. The third kappa shape index (κ3) is 1.99. The van der Waals surface area contributed by atoms with E-state index in [1.807, 2.05) is 0 Å². The van der Waals surface area contributed by atoms with Gasteiger partial charge in [0.15, 0.2) is 0 Å². The molecule has 0 aromatic carbocycles. The lowest BCUT2D eigenvalue weighted by molar-refractivity contribution is -0.191. The molecule has 0 amide bonds. The molecule has 0 bridgehead atoms. The first-order valence-electron chi connectivity index (χ1n) is 9.66. The summed E-state index contributed by atoms with van der Waals surface area (Å²) < 4.78 is 0. The SMILES string of the molecule is CC1CC(=O)CC2CC[C@@H]3[C@@H](C(O)C[C@]4(C)C(O)CC[C@@H]34)[C@@]12C. The van der Waals surface area contributed by atoms with Crippen LogP contribution in [0.2, 0.25) is 0 Å². The molecular weight excluding hydrogens is 288 g/mol. The summed E-state index contributed by atoms with van der Waals surface area (Å²) in [6.45, 7) is 6.80. The zero-order valence-corrected chi connectivity index (χ0v) is 14.8. The smallest absolute Gasteiger partial charge is 0.133 e. The van der Waals surface area contributed by atoms with Crippen LogP contribution in [0.1, 0.15) is 65.7 Å². The Balaban J connectivity index is 1.72. The zero-order valence-electron chi connectivity index (χ0n) is 14.8. The highest BCUT2D eigenvalue weighted by Crippen LogP contribution is 2.66. The van der Waals surface area contributed by atoms with Crippen LogP contribution in [0, 0.1) is 40.4 Å². The Morgan fingerprint density at radius 2 is 1.78 bits per heavy atom. The Kier molecular flexibility index (Phi) is 3.53. The molecule has 0 aromatic rings.